The molecule has 1 heterocycles. The molecule has 1 atom stereocenters. The minimum absolute atomic E-state index is 0.126. The lowest BCUT2D eigenvalue weighted by molar-refractivity contribution is -0.238. The number of rotatable bonds is 7. The SMILES string of the molecule is CCOC=CC(O)(CNCc1ccc(C)cn1)C(F)(F)F. The summed E-state index contributed by atoms with van der Waals surface area (Å²) in [4.78, 5) is 4.07. The Morgan fingerprint density at radius 3 is 2.62 bits per heavy atom. The molecule has 1 aromatic rings. The van der Waals surface area contributed by atoms with E-state index in [1.54, 1.807) is 19.2 Å². The summed E-state index contributed by atoms with van der Waals surface area (Å²) in [7, 11) is 0. The van der Waals surface area contributed by atoms with Gasteiger partial charge in [0.15, 0.2) is 5.60 Å². The van der Waals surface area contributed by atoms with E-state index >= 15 is 0 Å². The van der Waals surface area contributed by atoms with Gasteiger partial charge in [0.1, 0.15) is 0 Å². The molecule has 0 aromatic carbocycles. The summed E-state index contributed by atoms with van der Waals surface area (Å²) in [5.74, 6) is 0. The van der Waals surface area contributed by atoms with Crippen LogP contribution in [-0.4, -0.2) is 35.0 Å². The Morgan fingerprint density at radius 2 is 2.10 bits per heavy atom. The van der Waals surface area contributed by atoms with Gasteiger partial charge in [-0.1, -0.05) is 6.07 Å². The van der Waals surface area contributed by atoms with E-state index in [0.29, 0.717) is 11.8 Å². The van der Waals surface area contributed by atoms with Gasteiger partial charge in [-0.15, -0.1) is 0 Å². The second-order valence-electron chi connectivity index (χ2n) is 4.61. The van der Waals surface area contributed by atoms with Gasteiger partial charge in [-0.25, -0.2) is 0 Å². The van der Waals surface area contributed by atoms with Crippen LogP contribution in [0, 0.1) is 6.92 Å². The standard InChI is InChI=1S/C14H19F3N2O2/c1-3-21-7-6-13(20,14(15,16)17)10-18-9-12-5-4-11(2)8-19-12/h4-8,18,20H,3,9-10H2,1-2H3. The Balaban J connectivity index is 2.63. The lowest BCUT2D eigenvalue weighted by Gasteiger charge is -2.27. The molecule has 0 saturated heterocycles. The van der Waals surface area contributed by atoms with E-state index in [-0.39, 0.29) is 13.2 Å². The highest BCUT2D eigenvalue weighted by Gasteiger charge is 2.51. The molecule has 0 fully saturated rings. The van der Waals surface area contributed by atoms with Gasteiger partial charge < -0.3 is 15.2 Å². The van der Waals surface area contributed by atoms with Crippen LogP contribution < -0.4 is 5.32 Å². The fraction of sp³-hybridized carbons (Fsp3) is 0.500. The molecule has 21 heavy (non-hydrogen) atoms. The van der Waals surface area contributed by atoms with E-state index in [0.717, 1.165) is 11.8 Å². The first-order chi connectivity index (χ1) is 9.78. The Kier molecular flexibility index (Phi) is 6.17. The predicted molar refractivity (Wildman–Crippen MR) is 72.5 cm³/mol. The Hall–Kier alpha value is -1.60. The van der Waals surface area contributed by atoms with Crippen molar-refractivity contribution in [3.8, 4) is 0 Å². The molecule has 1 aromatic heterocycles. The maximum absolute atomic E-state index is 12.9. The van der Waals surface area contributed by atoms with E-state index in [9.17, 15) is 18.3 Å². The van der Waals surface area contributed by atoms with Crippen LogP contribution in [0.15, 0.2) is 30.7 Å². The van der Waals surface area contributed by atoms with Gasteiger partial charge in [0, 0.05) is 19.3 Å². The lowest BCUT2D eigenvalue weighted by Crippen LogP contribution is -2.51. The first-order valence-electron chi connectivity index (χ1n) is 6.49. The Morgan fingerprint density at radius 1 is 1.38 bits per heavy atom. The first kappa shape index (κ1) is 17.5. The summed E-state index contributed by atoms with van der Waals surface area (Å²) in [6.07, 6.45) is -1.71. The van der Waals surface area contributed by atoms with Gasteiger partial charge in [0.25, 0.3) is 0 Å². The van der Waals surface area contributed by atoms with Crippen LogP contribution >= 0.6 is 0 Å². The summed E-state index contributed by atoms with van der Waals surface area (Å²) < 4.78 is 43.4. The predicted octanol–water partition coefficient (Wildman–Crippen LogP) is 2.32. The molecule has 0 aliphatic carbocycles. The summed E-state index contributed by atoms with van der Waals surface area (Å²) in [5.41, 5.74) is -1.42. The van der Waals surface area contributed by atoms with E-state index in [1.165, 1.54) is 0 Å². The number of alkyl halides is 3. The molecule has 7 heteroatoms. The number of nitrogens with zero attached hydrogens (tertiary/aromatic N) is 1. The van der Waals surface area contributed by atoms with E-state index < -0.39 is 18.3 Å². The van der Waals surface area contributed by atoms with Gasteiger partial charge in [0.2, 0.25) is 0 Å². The number of hydrogen-bond acceptors (Lipinski definition) is 4. The maximum atomic E-state index is 12.9. The normalized spacial score (nSPS) is 15.1. The molecule has 0 spiro atoms. The van der Waals surface area contributed by atoms with Crippen molar-refractivity contribution < 1.29 is 23.0 Å². The molecular formula is C14H19F3N2O2. The van der Waals surface area contributed by atoms with Crippen molar-refractivity contribution in [1.29, 1.82) is 0 Å². The number of nitrogens with one attached hydrogen (secondary N) is 1. The minimum atomic E-state index is -4.80. The molecule has 0 bridgehead atoms. The van der Waals surface area contributed by atoms with Crippen LogP contribution in [0.4, 0.5) is 13.2 Å². The summed E-state index contributed by atoms with van der Waals surface area (Å²) in [6, 6.07) is 3.53. The Bertz CT molecular complexity index is 460. The van der Waals surface area contributed by atoms with Crippen LogP contribution in [0.2, 0.25) is 0 Å². The zero-order valence-electron chi connectivity index (χ0n) is 11.9. The zero-order chi connectivity index (χ0) is 15.9. The van der Waals surface area contributed by atoms with E-state index in [2.05, 4.69) is 10.3 Å². The highest BCUT2D eigenvalue weighted by atomic mass is 19.4. The van der Waals surface area contributed by atoms with Crippen LogP contribution in [0.5, 0.6) is 0 Å². The molecule has 118 valence electrons. The van der Waals surface area contributed by atoms with Gasteiger partial charge in [-0.3, -0.25) is 4.98 Å². The quantitative estimate of drug-likeness (QED) is 0.759. The third kappa shape index (κ3) is 5.35. The Labute approximate surface area is 121 Å². The van der Waals surface area contributed by atoms with Crippen molar-refractivity contribution in [1.82, 2.24) is 10.3 Å². The lowest BCUT2D eigenvalue weighted by atomic mass is 10.0. The monoisotopic (exact) mass is 304 g/mol. The number of halogens is 3. The van der Waals surface area contributed by atoms with Crippen molar-refractivity contribution >= 4 is 0 Å². The van der Waals surface area contributed by atoms with Crippen LogP contribution in [0.1, 0.15) is 18.2 Å². The maximum Gasteiger partial charge on any atom is 0.422 e. The average molecular weight is 304 g/mol. The average Bonchev–Trinajstić information content (AvgIpc) is 2.40. The van der Waals surface area contributed by atoms with Gasteiger partial charge in [-0.2, -0.15) is 13.2 Å². The largest absolute Gasteiger partial charge is 0.502 e. The molecule has 0 aliphatic rings. The number of aromatic nitrogens is 1. The van der Waals surface area contributed by atoms with Crippen molar-refractivity contribution in [2.75, 3.05) is 13.2 Å². The molecule has 2 N–H and O–H groups in total. The van der Waals surface area contributed by atoms with Gasteiger partial charge in [-0.05, 0) is 31.6 Å². The smallest absolute Gasteiger partial charge is 0.422 e. The van der Waals surface area contributed by atoms with Gasteiger partial charge >= 0.3 is 6.18 Å². The second-order valence-corrected chi connectivity index (χ2v) is 4.61. The summed E-state index contributed by atoms with van der Waals surface area (Å²) in [5, 5.41) is 12.3. The molecule has 1 rings (SSSR count). The third-order valence-corrected chi connectivity index (χ3v) is 2.77. The van der Waals surface area contributed by atoms with Crippen LogP contribution in [0.25, 0.3) is 0 Å². The second kappa shape index (κ2) is 7.42. The number of aliphatic hydroxyl groups is 1. The van der Waals surface area contributed by atoms with Crippen molar-refractivity contribution in [3.63, 3.8) is 0 Å². The number of ether oxygens (including phenoxy) is 1. The number of pyridine rings is 1. The van der Waals surface area contributed by atoms with Crippen LogP contribution in [0.3, 0.4) is 0 Å². The minimum Gasteiger partial charge on any atom is -0.502 e. The zero-order valence-corrected chi connectivity index (χ0v) is 11.9. The van der Waals surface area contributed by atoms with Crippen molar-refractivity contribution in [3.05, 3.63) is 41.9 Å². The first-order valence-corrected chi connectivity index (χ1v) is 6.49. The highest BCUT2D eigenvalue weighted by Crippen LogP contribution is 2.31. The summed E-state index contributed by atoms with van der Waals surface area (Å²) in [6.45, 7) is 3.17. The van der Waals surface area contributed by atoms with Crippen LogP contribution in [-0.2, 0) is 11.3 Å². The molecular weight excluding hydrogens is 285 g/mol. The third-order valence-electron chi connectivity index (χ3n) is 2.77. The highest BCUT2D eigenvalue weighted by molar-refractivity contribution is 5.12. The van der Waals surface area contributed by atoms with Crippen molar-refractivity contribution in [2.45, 2.75) is 32.2 Å². The van der Waals surface area contributed by atoms with Gasteiger partial charge in [0.05, 0.1) is 18.6 Å². The summed E-state index contributed by atoms with van der Waals surface area (Å²) >= 11 is 0. The molecule has 0 saturated carbocycles. The number of hydrogen-bond donors (Lipinski definition) is 2. The fourth-order valence-electron chi connectivity index (χ4n) is 1.49. The topological polar surface area (TPSA) is 54.4 Å². The molecule has 1 unspecified atom stereocenters. The molecule has 0 amide bonds. The molecule has 4 nitrogen and oxygen atoms in total. The molecule has 0 radical (unpaired) electrons. The molecule has 0 aliphatic heterocycles. The van der Waals surface area contributed by atoms with E-state index in [1.807, 2.05) is 13.0 Å². The fourth-order valence-corrected chi connectivity index (χ4v) is 1.49. The van der Waals surface area contributed by atoms with Crippen molar-refractivity contribution in [2.24, 2.45) is 0 Å². The number of aryl methyl sites for hydroxylation is 1. The van der Waals surface area contributed by atoms with E-state index in [4.69, 9.17) is 4.74 Å².